The van der Waals surface area contributed by atoms with E-state index in [1.54, 1.807) is 18.4 Å². The topological polar surface area (TPSA) is 42.9 Å². The molecule has 0 unspecified atom stereocenters. The van der Waals surface area contributed by atoms with Gasteiger partial charge in [-0.3, -0.25) is 9.98 Å². The van der Waals surface area contributed by atoms with Gasteiger partial charge in [-0.1, -0.05) is 6.92 Å². The van der Waals surface area contributed by atoms with E-state index in [4.69, 9.17) is 10.1 Å². The van der Waals surface area contributed by atoms with E-state index in [-0.39, 0.29) is 0 Å². The van der Waals surface area contributed by atoms with Crippen LogP contribution in [0.4, 0.5) is 0 Å². The molecule has 0 radical (unpaired) electrons. The Morgan fingerprint density at radius 1 is 1.29 bits per heavy atom. The van der Waals surface area contributed by atoms with Crippen LogP contribution in [0.25, 0.3) is 21.6 Å². The first kappa shape index (κ1) is 14.1. The smallest absolute Gasteiger partial charge is 0.131 e. The molecule has 0 bridgehead atoms. The van der Waals surface area contributed by atoms with Crippen LogP contribution in [0.3, 0.4) is 0 Å². The summed E-state index contributed by atoms with van der Waals surface area (Å²) in [4.78, 5) is 0. The number of ether oxygens (including phenoxy) is 1. The highest BCUT2D eigenvalue weighted by molar-refractivity contribution is 7.17. The number of thiophene rings is 1. The minimum Gasteiger partial charge on any atom is -0.377 e. The summed E-state index contributed by atoms with van der Waals surface area (Å²) < 4.78 is 10.6. The summed E-state index contributed by atoms with van der Waals surface area (Å²) in [5, 5.41) is 10.4. The second kappa shape index (κ2) is 5.50. The predicted molar refractivity (Wildman–Crippen MR) is 88.6 cm³/mol. The zero-order valence-electron chi connectivity index (χ0n) is 12.5. The lowest BCUT2D eigenvalue weighted by Gasteiger charge is -2.14. The van der Waals surface area contributed by atoms with E-state index in [9.17, 15) is 0 Å². The summed E-state index contributed by atoms with van der Waals surface area (Å²) in [6, 6.07) is 8.53. The van der Waals surface area contributed by atoms with E-state index in [0.717, 1.165) is 23.5 Å². The lowest BCUT2D eigenvalue weighted by Crippen LogP contribution is -2.20. The molecule has 0 atom stereocenters. The van der Waals surface area contributed by atoms with Crippen molar-refractivity contribution in [3.05, 3.63) is 35.3 Å². The van der Waals surface area contributed by atoms with Crippen LogP contribution >= 0.6 is 11.3 Å². The van der Waals surface area contributed by atoms with Crippen molar-refractivity contribution in [1.29, 1.82) is 5.41 Å². The Labute approximate surface area is 128 Å². The lowest BCUT2D eigenvalue weighted by molar-refractivity contribution is 0.242. The molecule has 110 valence electrons. The van der Waals surface area contributed by atoms with Gasteiger partial charge in [0.15, 0.2) is 0 Å². The lowest BCUT2D eigenvalue weighted by atomic mass is 10.3. The molecule has 0 aliphatic rings. The first-order valence-corrected chi connectivity index (χ1v) is 7.86. The Bertz CT molecular complexity index is 794. The summed E-state index contributed by atoms with van der Waals surface area (Å²) in [7, 11) is 3.70. The molecule has 3 rings (SSSR count). The van der Waals surface area contributed by atoms with Crippen molar-refractivity contribution in [1.82, 2.24) is 9.13 Å². The highest BCUT2D eigenvalue weighted by Crippen LogP contribution is 2.31. The van der Waals surface area contributed by atoms with Gasteiger partial charge in [0.2, 0.25) is 0 Å². The Hall–Kier alpha value is -1.85. The molecule has 0 fully saturated rings. The molecule has 0 amide bonds. The Kier molecular flexibility index (Phi) is 3.69. The third kappa shape index (κ3) is 2.22. The van der Waals surface area contributed by atoms with Gasteiger partial charge in [-0.15, -0.1) is 11.3 Å². The predicted octanol–water partition coefficient (Wildman–Crippen LogP) is 3.74. The molecule has 3 heterocycles. The summed E-state index contributed by atoms with van der Waals surface area (Å²) >= 11 is 1.75. The van der Waals surface area contributed by atoms with Crippen molar-refractivity contribution in [2.24, 2.45) is 7.05 Å². The third-order valence-corrected chi connectivity index (χ3v) is 4.65. The molecule has 4 nitrogen and oxygen atoms in total. The molecule has 0 aliphatic carbocycles. The third-order valence-electron chi connectivity index (χ3n) is 3.80. The molecule has 21 heavy (non-hydrogen) atoms. The van der Waals surface area contributed by atoms with Gasteiger partial charge >= 0.3 is 0 Å². The van der Waals surface area contributed by atoms with Crippen molar-refractivity contribution >= 4 is 27.4 Å². The molecule has 3 aromatic heterocycles. The molecule has 0 aromatic carbocycles. The quantitative estimate of drug-likeness (QED) is 0.579. The van der Waals surface area contributed by atoms with Crippen molar-refractivity contribution in [3.63, 3.8) is 0 Å². The fraction of sp³-hybridized carbons (Fsp3) is 0.312. The fourth-order valence-corrected chi connectivity index (χ4v) is 3.62. The van der Waals surface area contributed by atoms with Crippen LogP contribution in [0.5, 0.6) is 0 Å². The molecule has 3 aromatic rings. The first-order valence-electron chi connectivity index (χ1n) is 6.98. The number of nitrogens with zero attached hydrogens (tertiary/aromatic N) is 2. The van der Waals surface area contributed by atoms with Crippen LogP contribution in [0.15, 0.2) is 29.6 Å². The second-order valence-electron chi connectivity index (χ2n) is 5.04. The summed E-state index contributed by atoms with van der Waals surface area (Å²) in [6.07, 6.45) is 0.894. The second-order valence-corrected chi connectivity index (χ2v) is 5.98. The van der Waals surface area contributed by atoms with Gasteiger partial charge in [-0.25, -0.2) is 0 Å². The molecule has 0 saturated carbocycles. The zero-order chi connectivity index (χ0) is 15.0. The molecule has 5 heteroatoms. The maximum absolute atomic E-state index is 8.28. The SMILES string of the molecule is CCc1ccc(-c2cc3sccc3n2C)n1C(=N)COC. The number of aryl methyl sites for hydroxylation is 2. The van der Waals surface area contributed by atoms with Crippen LogP contribution in [-0.4, -0.2) is 28.7 Å². The van der Waals surface area contributed by atoms with E-state index in [1.165, 1.54) is 10.2 Å². The van der Waals surface area contributed by atoms with Crippen LogP contribution in [0, 0.1) is 5.41 Å². The van der Waals surface area contributed by atoms with E-state index in [1.807, 2.05) is 4.57 Å². The van der Waals surface area contributed by atoms with E-state index in [2.05, 4.69) is 48.2 Å². The van der Waals surface area contributed by atoms with E-state index < -0.39 is 0 Å². The number of rotatable bonds is 4. The molecule has 0 saturated heterocycles. The van der Waals surface area contributed by atoms with Gasteiger partial charge in [0.05, 0.1) is 21.6 Å². The summed E-state index contributed by atoms with van der Waals surface area (Å²) in [5.74, 6) is 0.471. The number of fused-ring (bicyclic) bond motifs is 1. The van der Waals surface area contributed by atoms with Gasteiger partial charge < -0.3 is 9.30 Å². The zero-order valence-corrected chi connectivity index (χ0v) is 13.3. The van der Waals surface area contributed by atoms with Gasteiger partial charge in [0.25, 0.3) is 0 Å². The number of aromatic nitrogens is 2. The van der Waals surface area contributed by atoms with Gasteiger partial charge in [-0.05, 0) is 36.1 Å². The van der Waals surface area contributed by atoms with Crippen molar-refractivity contribution in [3.8, 4) is 11.4 Å². The maximum Gasteiger partial charge on any atom is 0.131 e. The molecular formula is C16H19N3OS. The molecular weight excluding hydrogens is 282 g/mol. The maximum atomic E-state index is 8.28. The normalized spacial score (nSPS) is 11.4. The minimum atomic E-state index is 0.313. The van der Waals surface area contributed by atoms with E-state index >= 15 is 0 Å². The summed E-state index contributed by atoms with van der Waals surface area (Å²) in [5.41, 5.74) is 4.56. The van der Waals surface area contributed by atoms with Crippen LogP contribution in [0.2, 0.25) is 0 Å². The van der Waals surface area contributed by atoms with Crippen LogP contribution in [-0.2, 0) is 18.2 Å². The average Bonchev–Trinajstić information content (AvgIpc) is 3.14. The number of hydrogen-bond acceptors (Lipinski definition) is 3. The summed E-state index contributed by atoms with van der Waals surface area (Å²) in [6.45, 7) is 2.42. The van der Waals surface area contributed by atoms with Gasteiger partial charge in [0, 0.05) is 19.9 Å². The Morgan fingerprint density at radius 2 is 2.10 bits per heavy atom. The van der Waals surface area contributed by atoms with Crippen LogP contribution < -0.4 is 0 Å². The average molecular weight is 301 g/mol. The number of methoxy groups -OCH3 is 1. The number of hydrogen-bond donors (Lipinski definition) is 1. The molecule has 0 spiro atoms. The molecule has 1 N–H and O–H groups in total. The van der Waals surface area contributed by atoms with Gasteiger partial charge in [-0.2, -0.15) is 0 Å². The van der Waals surface area contributed by atoms with E-state index in [0.29, 0.717) is 12.4 Å². The Balaban J connectivity index is 2.17. The first-order chi connectivity index (χ1) is 10.2. The Morgan fingerprint density at radius 3 is 2.76 bits per heavy atom. The van der Waals surface area contributed by atoms with Gasteiger partial charge in [0.1, 0.15) is 12.4 Å². The van der Waals surface area contributed by atoms with Crippen molar-refractivity contribution in [2.75, 3.05) is 13.7 Å². The minimum absolute atomic E-state index is 0.313. The monoisotopic (exact) mass is 301 g/mol. The van der Waals surface area contributed by atoms with Crippen molar-refractivity contribution in [2.45, 2.75) is 13.3 Å². The number of nitrogens with one attached hydrogen (secondary N) is 1. The fourth-order valence-electron chi connectivity index (χ4n) is 2.77. The highest BCUT2D eigenvalue weighted by atomic mass is 32.1. The largest absolute Gasteiger partial charge is 0.377 e. The van der Waals surface area contributed by atoms with Crippen molar-refractivity contribution < 1.29 is 4.74 Å². The standard InChI is InChI=1S/C16H19N3OS/c1-4-11-5-6-12(19(11)16(17)10-20-3)14-9-15-13(18(14)2)7-8-21-15/h5-9,17H,4,10H2,1-3H3. The molecule has 0 aliphatic heterocycles. The highest BCUT2D eigenvalue weighted by Gasteiger charge is 2.17. The van der Waals surface area contributed by atoms with Crippen LogP contribution in [0.1, 0.15) is 12.6 Å².